The van der Waals surface area contributed by atoms with E-state index in [4.69, 9.17) is 5.73 Å². The van der Waals surface area contributed by atoms with Crippen molar-refractivity contribution in [3.05, 3.63) is 29.8 Å². The minimum atomic E-state index is -2.85. The first-order valence-electron chi connectivity index (χ1n) is 4.41. The Bertz CT molecular complexity index is 325. The summed E-state index contributed by atoms with van der Waals surface area (Å²) >= 11 is 0. The van der Waals surface area contributed by atoms with Gasteiger partial charge in [0.1, 0.15) is 5.75 Å². The molecular formula is C10H11F2NO2. The van der Waals surface area contributed by atoms with E-state index in [9.17, 15) is 13.6 Å². The van der Waals surface area contributed by atoms with Crippen molar-refractivity contribution in [2.24, 2.45) is 5.73 Å². The highest BCUT2D eigenvalue weighted by Gasteiger charge is 2.07. The van der Waals surface area contributed by atoms with E-state index in [0.717, 1.165) is 0 Å². The number of nitrogens with two attached hydrogens (primary N) is 1. The van der Waals surface area contributed by atoms with E-state index in [2.05, 4.69) is 4.74 Å². The van der Waals surface area contributed by atoms with Gasteiger partial charge < -0.3 is 10.5 Å². The molecule has 0 spiro atoms. The average molecular weight is 215 g/mol. The molecule has 0 atom stereocenters. The van der Waals surface area contributed by atoms with Crippen LogP contribution in [0.4, 0.5) is 8.78 Å². The predicted molar refractivity (Wildman–Crippen MR) is 51.1 cm³/mol. The molecule has 0 unspecified atom stereocenters. The molecule has 0 amide bonds. The maximum atomic E-state index is 11.8. The zero-order valence-electron chi connectivity index (χ0n) is 7.95. The van der Waals surface area contributed by atoms with Gasteiger partial charge in [0.2, 0.25) is 0 Å². The first-order valence-corrected chi connectivity index (χ1v) is 4.41. The highest BCUT2D eigenvalue weighted by Crippen LogP contribution is 2.15. The minimum absolute atomic E-state index is 0.0364. The molecule has 5 heteroatoms. The highest BCUT2D eigenvalue weighted by atomic mass is 19.3. The second-order valence-electron chi connectivity index (χ2n) is 2.86. The molecule has 0 saturated carbocycles. The normalized spacial score (nSPS) is 10.4. The van der Waals surface area contributed by atoms with Crippen molar-refractivity contribution in [1.29, 1.82) is 0 Å². The number of halogens is 2. The van der Waals surface area contributed by atoms with Crippen molar-refractivity contribution >= 4 is 5.78 Å². The van der Waals surface area contributed by atoms with Crippen molar-refractivity contribution in [1.82, 2.24) is 0 Å². The fourth-order valence-electron chi connectivity index (χ4n) is 1.10. The lowest BCUT2D eigenvalue weighted by Gasteiger charge is -2.04. The number of ketones is 1. The first-order chi connectivity index (χ1) is 7.13. The van der Waals surface area contributed by atoms with Gasteiger partial charge in [0.25, 0.3) is 0 Å². The topological polar surface area (TPSA) is 52.3 Å². The summed E-state index contributed by atoms with van der Waals surface area (Å²) in [6, 6.07) is 5.54. The summed E-state index contributed by atoms with van der Waals surface area (Å²) in [5.74, 6) is -0.0737. The Hall–Kier alpha value is -1.49. The molecule has 0 aliphatic heterocycles. The van der Waals surface area contributed by atoms with Gasteiger partial charge in [-0.2, -0.15) is 8.78 Å². The Kier molecular flexibility index (Phi) is 4.17. The monoisotopic (exact) mass is 215 g/mol. The lowest BCUT2D eigenvalue weighted by Crippen LogP contribution is -2.08. The minimum Gasteiger partial charge on any atom is -0.435 e. The molecule has 82 valence electrons. The van der Waals surface area contributed by atoms with E-state index < -0.39 is 6.61 Å². The quantitative estimate of drug-likeness (QED) is 0.762. The number of carbonyl (C=O) groups excluding carboxylic acids is 1. The van der Waals surface area contributed by atoms with Crippen molar-refractivity contribution in [2.75, 3.05) is 6.54 Å². The Balaban J connectivity index is 2.67. The van der Waals surface area contributed by atoms with E-state index in [1.807, 2.05) is 0 Å². The van der Waals surface area contributed by atoms with Gasteiger partial charge in [0, 0.05) is 12.0 Å². The third-order valence-corrected chi connectivity index (χ3v) is 1.77. The number of carbonyl (C=O) groups is 1. The molecule has 2 N–H and O–H groups in total. The van der Waals surface area contributed by atoms with Crippen molar-refractivity contribution in [2.45, 2.75) is 13.0 Å². The molecule has 0 aliphatic carbocycles. The Morgan fingerprint density at radius 2 is 1.93 bits per heavy atom. The fourth-order valence-corrected chi connectivity index (χ4v) is 1.10. The van der Waals surface area contributed by atoms with E-state index in [0.29, 0.717) is 5.56 Å². The van der Waals surface area contributed by atoms with E-state index in [-0.39, 0.29) is 24.5 Å². The van der Waals surface area contributed by atoms with Crippen molar-refractivity contribution in [3.8, 4) is 5.75 Å². The molecule has 0 aliphatic rings. The number of hydrogen-bond acceptors (Lipinski definition) is 3. The van der Waals surface area contributed by atoms with Crippen LogP contribution >= 0.6 is 0 Å². The second kappa shape index (κ2) is 5.41. The standard InChI is InChI=1S/C10H11F2NO2/c11-10(12)15-8-3-1-7(2-4-8)9(14)5-6-13/h1-4,10H,5-6,13H2. The lowest BCUT2D eigenvalue weighted by atomic mass is 10.1. The fraction of sp³-hybridized carbons (Fsp3) is 0.300. The predicted octanol–water partition coefficient (Wildman–Crippen LogP) is 1.82. The molecule has 1 aromatic rings. The SMILES string of the molecule is NCCC(=O)c1ccc(OC(F)F)cc1. The maximum Gasteiger partial charge on any atom is 0.387 e. The van der Waals surface area contributed by atoms with Crippen LogP contribution < -0.4 is 10.5 Å². The number of Topliss-reactive ketones (excluding diaryl/α,β-unsaturated/α-hetero) is 1. The summed E-state index contributed by atoms with van der Waals surface area (Å²) in [7, 11) is 0. The van der Waals surface area contributed by atoms with Crippen LogP contribution in [0.25, 0.3) is 0 Å². The molecule has 0 saturated heterocycles. The van der Waals surface area contributed by atoms with Crippen LogP contribution in [-0.4, -0.2) is 18.9 Å². The molecule has 0 bridgehead atoms. The zero-order chi connectivity index (χ0) is 11.3. The van der Waals surface area contributed by atoms with Gasteiger partial charge in [0.15, 0.2) is 5.78 Å². The van der Waals surface area contributed by atoms with Crippen LogP contribution in [0, 0.1) is 0 Å². The number of ether oxygens (including phenoxy) is 1. The van der Waals surface area contributed by atoms with Gasteiger partial charge in [-0.25, -0.2) is 0 Å². The number of rotatable bonds is 5. The smallest absolute Gasteiger partial charge is 0.387 e. The Morgan fingerprint density at radius 3 is 2.40 bits per heavy atom. The maximum absolute atomic E-state index is 11.8. The molecule has 1 aromatic carbocycles. The summed E-state index contributed by atoms with van der Waals surface area (Å²) in [5.41, 5.74) is 5.66. The van der Waals surface area contributed by atoms with Gasteiger partial charge in [-0.05, 0) is 30.8 Å². The van der Waals surface area contributed by atoms with E-state index in [1.165, 1.54) is 24.3 Å². The summed E-state index contributed by atoms with van der Waals surface area (Å²) in [6.45, 7) is -2.58. The molecule has 0 aromatic heterocycles. The van der Waals surface area contributed by atoms with E-state index >= 15 is 0 Å². The van der Waals surface area contributed by atoms with Gasteiger partial charge in [-0.1, -0.05) is 0 Å². The van der Waals surface area contributed by atoms with Crippen LogP contribution in [0.5, 0.6) is 5.75 Å². The van der Waals surface area contributed by atoms with Gasteiger partial charge >= 0.3 is 6.61 Å². The van der Waals surface area contributed by atoms with Crippen LogP contribution in [0.3, 0.4) is 0 Å². The molecular weight excluding hydrogens is 204 g/mol. The average Bonchev–Trinajstić information content (AvgIpc) is 2.18. The van der Waals surface area contributed by atoms with Gasteiger partial charge in [0.05, 0.1) is 0 Å². The van der Waals surface area contributed by atoms with Crippen LogP contribution in [0.1, 0.15) is 16.8 Å². The molecule has 1 rings (SSSR count). The summed E-state index contributed by atoms with van der Waals surface area (Å²) in [4.78, 5) is 11.3. The first kappa shape index (κ1) is 11.6. The lowest BCUT2D eigenvalue weighted by molar-refractivity contribution is -0.0498. The molecule has 0 radical (unpaired) electrons. The summed E-state index contributed by atoms with van der Waals surface area (Å²) in [5, 5.41) is 0. The van der Waals surface area contributed by atoms with Gasteiger partial charge in [-0.3, -0.25) is 4.79 Å². The second-order valence-corrected chi connectivity index (χ2v) is 2.86. The highest BCUT2D eigenvalue weighted by molar-refractivity contribution is 5.96. The van der Waals surface area contributed by atoms with E-state index in [1.54, 1.807) is 0 Å². The van der Waals surface area contributed by atoms with Crippen LogP contribution in [0.2, 0.25) is 0 Å². The molecule has 0 heterocycles. The van der Waals surface area contributed by atoms with Crippen LogP contribution in [-0.2, 0) is 0 Å². The largest absolute Gasteiger partial charge is 0.435 e. The number of benzene rings is 1. The van der Waals surface area contributed by atoms with Crippen molar-refractivity contribution in [3.63, 3.8) is 0 Å². The molecule has 15 heavy (non-hydrogen) atoms. The Labute approximate surface area is 85.8 Å². The third-order valence-electron chi connectivity index (χ3n) is 1.77. The molecule has 0 fully saturated rings. The number of alkyl halides is 2. The van der Waals surface area contributed by atoms with Crippen LogP contribution in [0.15, 0.2) is 24.3 Å². The van der Waals surface area contributed by atoms with Crippen molar-refractivity contribution < 1.29 is 18.3 Å². The third kappa shape index (κ3) is 3.63. The summed E-state index contributed by atoms with van der Waals surface area (Å²) < 4.78 is 27.7. The molecule has 3 nitrogen and oxygen atoms in total. The number of hydrogen-bond donors (Lipinski definition) is 1. The summed E-state index contributed by atoms with van der Waals surface area (Å²) in [6.07, 6.45) is 0.245. The van der Waals surface area contributed by atoms with Gasteiger partial charge in [-0.15, -0.1) is 0 Å². The Morgan fingerprint density at radius 1 is 1.33 bits per heavy atom. The zero-order valence-corrected chi connectivity index (χ0v) is 7.95.